The van der Waals surface area contributed by atoms with Crippen LogP contribution in [0.15, 0.2) is 229 Å². The maximum absolute atomic E-state index is 6.47. The first kappa shape index (κ1) is 34.6. The zero-order valence-corrected chi connectivity index (χ0v) is 33.7. The second-order valence-electron chi connectivity index (χ2n) is 16.4. The summed E-state index contributed by atoms with van der Waals surface area (Å²) in [6.07, 6.45) is 0. The summed E-state index contributed by atoms with van der Waals surface area (Å²) in [5.41, 5.74) is 17.2. The summed E-state index contributed by atoms with van der Waals surface area (Å²) in [5, 5.41) is 9.90. The average molecular weight is 788 g/mol. The number of nitrogens with zero attached hydrogens (tertiary/aromatic N) is 1. The van der Waals surface area contributed by atoms with E-state index in [0.29, 0.717) is 0 Å². The van der Waals surface area contributed by atoms with Crippen molar-refractivity contribution >= 4 is 71.3 Å². The number of para-hydroxylation sites is 2. The van der Waals surface area contributed by atoms with Crippen molar-refractivity contribution in [3.05, 3.63) is 224 Å². The predicted molar refractivity (Wildman–Crippen MR) is 262 cm³/mol. The molecule has 2 heteroatoms. The van der Waals surface area contributed by atoms with Gasteiger partial charge in [0.15, 0.2) is 0 Å². The second kappa shape index (κ2) is 13.7. The van der Waals surface area contributed by atoms with E-state index in [1.165, 1.54) is 76.8 Å². The first-order valence-electron chi connectivity index (χ1n) is 21.3. The molecule has 0 amide bonds. The topological polar surface area (TPSA) is 16.4 Å². The molecule has 0 fully saturated rings. The van der Waals surface area contributed by atoms with Crippen molar-refractivity contribution in [3.8, 4) is 55.6 Å². The molecule has 0 bridgehead atoms. The SMILES string of the molecule is c1cc(-c2ccc3ccc4ccccc4c3c2)cc(N(c2ccc(-c3cccc4c3oc3ccccc34)cc2)c2cccc(-c3ccc4c5c(cccc35)-c3ccccc3-4)c2)c1. The molecular formula is C60H37NO. The highest BCUT2D eigenvalue weighted by Crippen LogP contribution is 2.50. The number of hydrogen-bond acceptors (Lipinski definition) is 2. The van der Waals surface area contributed by atoms with Crippen molar-refractivity contribution in [2.24, 2.45) is 0 Å². The van der Waals surface area contributed by atoms with E-state index in [1.807, 2.05) is 12.1 Å². The molecule has 11 aromatic carbocycles. The van der Waals surface area contributed by atoms with Gasteiger partial charge in [-0.2, -0.15) is 0 Å². The Kier molecular flexibility index (Phi) is 7.64. The maximum atomic E-state index is 6.47. The van der Waals surface area contributed by atoms with Crippen molar-refractivity contribution in [3.63, 3.8) is 0 Å². The Hall–Kier alpha value is -8.20. The number of benzene rings is 11. The molecule has 12 aromatic rings. The van der Waals surface area contributed by atoms with Gasteiger partial charge in [-0.05, 0) is 131 Å². The number of fused-ring (bicyclic) bond motifs is 9. The van der Waals surface area contributed by atoms with Gasteiger partial charge in [0.05, 0.1) is 0 Å². The number of furan rings is 1. The lowest BCUT2D eigenvalue weighted by molar-refractivity contribution is 0.670. The highest BCUT2D eigenvalue weighted by Gasteiger charge is 2.23. The molecule has 1 aliphatic carbocycles. The van der Waals surface area contributed by atoms with Crippen LogP contribution in [0, 0.1) is 0 Å². The molecule has 0 spiro atoms. The molecule has 62 heavy (non-hydrogen) atoms. The Morgan fingerprint density at radius 1 is 0.274 bits per heavy atom. The Morgan fingerprint density at radius 3 is 1.65 bits per heavy atom. The molecule has 1 aliphatic rings. The van der Waals surface area contributed by atoms with Crippen LogP contribution in [-0.2, 0) is 0 Å². The summed E-state index contributed by atoms with van der Waals surface area (Å²) < 4.78 is 6.47. The third-order valence-electron chi connectivity index (χ3n) is 13.0. The first-order chi connectivity index (χ1) is 30.7. The predicted octanol–water partition coefficient (Wildman–Crippen LogP) is 17.2. The molecule has 0 unspecified atom stereocenters. The minimum Gasteiger partial charge on any atom is -0.455 e. The van der Waals surface area contributed by atoms with E-state index in [4.69, 9.17) is 4.42 Å². The summed E-state index contributed by atoms with van der Waals surface area (Å²) in [4.78, 5) is 2.39. The van der Waals surface area contributed by atoms with E-state index in [0.717, 1.165) is 50.1 Å². The normalized spacial score (nSPS) is 11.9. The molecule has 2 nitrogen and oxygen atoms in total. The van der Waals surface area contributed by atoms with Gasteiger partial charge in [0.2, 0.25) is 0 Å². The van der Waals surface area contributed by atoms with Gasteiger partial charge < -0.3 is 9.32 Å². The highest BCUT2D eigenvalue weighted by molar-refractivity contribution is 6.19. The molecule has 0 N–H and O–H groups in total. The van der Waals surface area contributed by atoms with Crippen LogP contribution >= 0.6 is 0 Å². The molecule has 0 saturated heterocycles. The molecule has 13 rings (SSSR count). The molecule has 0 radical (unpaired) electrons. The summed E-state index contributed by atoms with van der Waals surface area (Å²) in [5.74, 6) is 0. The summed E-state index contributed by atoms with van der Waals surface area (Å²) >= 11 is 0. The standard InChI is InChI=1S/C60H37NO/c1-2-16-47-38(11-1)25-26-40-27-28-42(37-57(40)47)41-12-7-14-45(35-41)61(44-31-29-39(30-32-44)49-20-9-23-56-52-19-5-6-24-58(52)62-60(49)56)46-15-8-13-43(36-46)48-33-34-55-51-18-4-3-17-50(51)54-22-10-21-53(48)59(54)55/h1-37H. The fourth-order valence-electron chi connectivity index (χ4n) is 10.1. The van der Waals surface area contributed by atoms with Gasteiger partial charge in [-0.25, -0.2) is 0 Å². The smallest absolute Gasteiger partial charge is 0.143 e. The Labute approximate surface area is 359 Å². The minimum absolute atomic E-state index is 0.905. The Balaban J connectivity index is 0.960. The van der Waals surface area contributed by atoms with Gasteiger partial charge in [0, 0.05) is 33.4 Å². The van der Waals surface area contributed by atoms with Gasteiger partial charge in [-0.15, -0.1) is 0 Å². The van der Waals surface area contributed by atoms with Crippen molar-refractivity contribution in [1.82, 2.24) is 0 Å². The fraction of sp³-hybridized carbons (Fsp3) is 0. The number of rotatable bonds is 6. The van der Waals surface area contributed by atoms with Crippen LogP contribution < -0.4 is 4.90 Å². The molecule has 0 saturated carbocycles. The van der Waals surface area contributed by atoms with E-state index in [2.05, 4.69) is 217 Å². The largest absolute Gasteiger partial charge is 0.455 e. The number of hydrogen-bond donors (Lipinski definition) is 0. The average Bonchev–Trinajstić information content (AvgIpc) is 3.89. The van der Waals surface area contributed by atoms with Gasteiger partial charge >= 0.3 is 0 Å². The van der Waals surface area contributed by atoms with Crippen LogP contribution in [0.3, 0.4) is 0 Å². The third kappa shape index (κ3) is 5.37. The van der Waals surface area contributed by atoms with E-state index in [1.54, 1.807) is 0 Å². The van der Waals surface area contributed by atoms with Crippen molar-refractivity contribution in [2.45, 2.75) is 0 Å². The lowest BCUT2D eigenvalue weighted by Gasteiger charge is -2.27. The third-order valence-corrected chi connectivity index (χ3v) is 13.0. The Bertz CT molecular complexity index is 3730. The quantitative estimate of drug-likeness (QED) is 0.156. The molecule has 0 aliphatic heterocycles. The van der Waals surface area contributed by atoms with E-state index < -0.39 is 0 Å². The monoisotopic (exact) mass is 787 g/mol. The van der Waals surface area contributed by atoms with Gasteiger partial charge in [0.25, 0.3) is 0 Å². The molecule has 1 aromatic heterocycles. The van der Waals surface area contributed by atoms with E-state index in [9.17, 15) is 0 Å². The van der Waals surface area contributed by atoms with E-state index >= 15 is 0 Å². The lowest BCUT2D eigenvalue weighted by atomic mass is 9.94. The van der Waals surface area contributed by atoms with Gasteiger partial charge in [0.1, 0.15) is 11.2 Å². The number of anilines is 3. The second-order valence-corrected chi connectivity index (χ2v) is 16.4. The first-order valence-corrected chi connectivity index (χ1v) is 21.3. The zero-order chi connectivity index (χ0) is 40.7. The minimum atomic E-state index is 0.905. The van der Waals surface area contributed by atoms with Gasteiger partial charge in [-0.3, -0.25) is 0 Å². The van der Waals surface area contributed by atoms with E-state index in [-0.39, 0.29) is 0 Å². The van der Waals surface area contributed by atoms with Crippen LogP contribution in [0.2, 0.25) is 0 Å². The maximum Gasteiger partial charge on any atom is 0.143 e. The molecule has 1 heterocycles. The molecular weight excluding hydrogens is 751 g/mol. The van der Waals surface area contributed by atoms with Crippen molar-refractivity contribution < 1.29 is 4.42 Å². The van der Waals surface area contributed by atoms with Crippen LogP contribution in [0.4, 0.5) is 17.1 Å². The molecule has 0 atom stereocenters. The summed E-state index contributed by atoms with van der Waals surface area (Å²) in [6.45, 7) is 0. The molecule has 288 valence electrons. The highest BCUT2D eigenvalue weighted by atomic mass is 16.3. The van der Waals surface area contributed by atoms with Crippen LogP contribution in [-0.4, -0.2) is 0 Å². The lowest BCUT2D eigenvalue weighted by Crippen LogP contribution is -2.10. The summed E-state index contributed by atoms with van der Waals surface area (Å²) in [7, 11) is 0. The van der Waals surface area contributed by atoms with Crippen LogP contribution in [0.25, 0.3) is 110 Å². The Morgan fingerprint density at radius 2 is 0.823 bits per heavy atom. The van der Waals surface area contributed by atoms with Crippen LogP contribution in [0.5, 0.6) is 0 Å². The van der Waals surface area contributed by atoms with Crippen molar-refractivity contribution in [2.75, 3.05) is 4.90 Å². The fourth-order valence-corrected chi connectivity index (χ4v) is 10.1. The summed E-state index contributed by atoms with van der Waals surface area (Å²) in [6, 6.07) is 81.8. The van der Waals surface area contributed by atoms with Crippen molar-refractivity contribution in [1.29, 1.82) is 0 Å². The van der Waals surface area contributed by atoms with Crippen LogP contribution in [0.1, 0.15) is 0 Å². The van der Waals surface area contributed by atoms with Gasteiger partial charge in [-0.1, -0.05) is 176 Å². The zero-order valence-electron chi connectivity index (χ0n) is 33.7.